The second-order valence-corrected chi connectivity index (χ2v) is 4.07. The van der Waals surface area contributed by atoms with E-state index in [0.29, 0.717) is 6.61 Å². The number of aliphatic hydroxyl groups is 1. The first-order chi connectivity index (χ1) is 6.67. The third-order valence-electron chi connectivity index (χ3n) is 3.68. The summed E-state index contributed by atoms with van der Waals surface area (Å²) in [7, 11) is 0. The molecule has 2 aliphatic rings. The molecule has 3 heteroatoms. The van der Waals surface area contributed by atoms with Crippen molar-refractivity contribution in [2.75, 3.05) is 6.61 Å². The van der Waals surface area contributed by atoms with Crippen molar-refractivity contribution in [1.29, 1.82) is 0 Å². The summed E-state index contributed by atoms with van der Waals surface area (Å²) >= 11 is 0. The van der Waals surface area contributed by atoms with Crippen LogP contribution in [0.4, 0.5) is 0 Å². The summed E-state index contributed by atoms with van der Waals surface area (Å²) in [6, 6.07) is 0. The number of carbonyl (C=O) groups excluding carboxylic acids is 1. The van der Waals surface area contributed by atoms with E-state index in [0.717, 1.165) is 6.42 Å². The number of esters is 1. The normalized spacial score (nSPS) is 43.5. The average Bonchev–Trinajstić information content (AvgIpc) is 2.13. The molecule has 2 aliphatic carbocycles. The Hall–Kier alpha value is -0.830. The summed E-state index contributed by atoms with van der Waals surface area (Å²) in [6.07, 6.45) is 4.39. The van der Waals surface area contributed by atoms with Crippen molar-refractivity contribution in [2.45, 2.75) is 26.4 Å². The molecule has 3 nitrogen and oxygen atoms in total. The van der Waals surface area contributed by atoms with Gasteiger partial charge in [-0.15, -0.1) is 0 Å². The van der Waals surface area contributed by atoms with Gasteiger partial charge in [0.25, 0.3) is 0 Å². The monoisotopic (exact) mass is 196 g/mol. The Morgan fingerprint density at radius 1 is 1.57 bits per heavy atom. The molecule has 2 rings (SSSR count). The number of hydrogen-bond donors (Lipinski definition) is 1. The van der Waals surface area contributed by atoms with Gasteiger partial charge in [0.1, 0.15) is 0 Å². The van der Waals surface area contributed by atoms with E-state index >= 15 is 0 Å². The van der Waals surface area contributed by atoms with Gasteiger partial charge in [0.05, 0.1) is 18.6 Å². The second-order valence-electron chi connectivity index (χ2n) is 4.07. The van der Waals surface area contributed by atoms with Crippen molar-refractivity contribution in [3.05, 3.63) is 12.2 Å². The van der Waals surface area contributed by atoms with E-state index in [2.05, 4.69) is 0 Å². The van der Waals surface area contributed by atoms with Crippen molar-refractivity contribution in [3.63, 3.8) is 0 Å². The van der Waals surface area contributed by atoms with E-state index in [9.17, 15) is 9.90 Å². The fraction of sp³-hybridized carbons (Fsp3) is 0.727. The largest absolute Gasteiger partial charge is 0.466 e. The Kier molecular flexibility index (Phi) is 2.14. The van der Waals surface area contributed by atoms with Crippen LogP contribution in [0.3, 0.4) is 0 Å². The second kappa shape index (κ2) is 3.09. The molecule has 0 aromatic rings. The number of fused-ring (bicyclic) bond motifs is 1. The van der Waals surface area contributed by atoms with Crippen molar-refractivity contribution >= 4 is 5.97 Å². The molecule has 14 heavy (non-hydrogen) atoms. The molecule has 1 saturated carbocycles. The summed E-state index contributed by atoms with van der Waals surface area (Å²) < 4.78 is 4.93. The van der Waals surface area contributed by atoms with E-state index in [1.807, 2.05) is 19.1 Å². The molecular formula is C11H16O3. The standard InChI is InChI=1S/C11H16O3/c1-3-11-6-5-7(11)8(9(11)12)10(13)14-4-2/h5-9,12H,3-4H2,1-2H3/t7?,8?,9?,11-/m1/s1. The van der Waals surface area contributed by atoms with Crippen molar-refractivity contribution in [1.82, 2.24) is 0 Å². The molecule has 0 aliphatic heterocycles. The Labute approximate surface area is 83.8 Å². The maximum absolute atomic E-state index is 11.5. The van der Waals surface area contributed by atoms with Gasteiger partial charge in [0.15, 0.2) is 0 Å². The van der Waals surface area contributed by atoms with Gasteiger partial charge in [-0.3, -0.25) is 4.79 Å². The minimum Gasteiger partial charge on any atom is -0.466 e. The maximum atomic E-state index is 11.5. The van der Waals surface area contributed by atoms with E-state index in [1.165, 1.54) is 0 Å². The van der Waals surface area contributed by atoms with E-state index in [-0.39, 0.29) is 23.2 Å². The molecule has 0 aromatic heterocycles. The van der Waals surface area contributed by atoms with Gasteiger partial charge in [0.2, 0.25) is 0 Å². The molecule has 0 saturated heterocycles. The molecule has 0 heterocycles. The highest BCUT2D eigenvalue weighted by Crippen LogP contribution is 2.61. The molecule has 1 fully saturated rings. The first kappa shape index (κ1) is 9.71. The fourth-order valence-corrected chi connectivity index (χ4v) is 2.69. The number of rotatable bonds is 3. The molecule has 78 valence electrons. The summed E-state index contributed by atoms with van der Waals surface area (Å²) in [5, 5.41) is 9.89. The van der Waals surface area contributed by atoms with Gasteiger partial charge >= 0.3 is 5.97 Å². The lowest BCUT2D eigenvalue weighted by atomic mass is 9.44. The highest BCUT2D eigenvalue weighted by molar-refractivity contribution is 5.77. The molecule has 1 N–H and O–H groups in total. The Morgan fingerprint density at radius 2 is 2.29 bits per heavy atom. The third kappa shape index (κ3) is 0.934. The smallest absolute Gasteiger partial charge is 0.312 e. The zero-order valence-corrected chi connectivity index (χ0v) is 8.56. The lowest BCUT2D eigenvalue weighted by Gasteiger charge is -2.60. The first-order valence-corrected chi connectivity index (χ1v) is 5.21. The van der Waals surface area contributed by atoms with Crippen LogP contribution < -0.4 is 0 Å². The summed E-state index contributed by atoms with van der Waals surface area (Å²) in [5.41, 5.74) is -0.114. The first-order valence-electron chi connectivity index (χ1n) is 5.21. The predicted octanol–water partition coefficient (Wildman–Crippen LogP) is 1.12. The van der Waals surface area contributed by atoms with Gasteiger partial charge in [0, 0.05) is 11.3 Å². The van der Waals surface area contributed by atoms with Gasteiger partial charge in [-0.2, -0.15) is 0 Å². The Bertz CT molecular complexity index is 284. The van der Waals surface area contributed by atoms with Crippen LogP contribution >= 0.6 is 0 Å². The highest BCUT2D eigenvalue weighted by atomic mass is 16.5. The van der Waals surface area contributed by atoms with Crippen LogP contribution in [0.25, 0.3) is 0 Å². The minimum absolute atomic E-state index is 0.114. The zero-order valence-electron chi connectivity index (χ0n) is 8.56. The zero-order chi connectivity index (χ0) is 10.3. The van der Waals surface area contributed by atoms with E-state index in [4.69, 9.17) is 4.74 Å². The molecule has 0 spiro atoms. The molecule has 4 atom stereocenters. The minimum atomic E-state index is -0.540. The van der Waals surface area contributed by atoms with Crippen LogP contribution in [-0.2, 0) is 9.53 Å². The van der Waals surface area contributed by atoms with E-state index < -0.39 is 6.10 Å². The van der Waals surface area contributed by atoms with Crippen molar-refractivity contribution in [2.24, 2.45) is 17.3 Å². The number of carbonyl (C=O) groups is 1. The fourth-order valence-electron chi connectivity index (χ4n) is 2.69. The highest BCUT2D eigenvalue weighted by Gasteiger charge is 2.65. The van der Waals surface area contributed by atoms with Gasteiger partial charge in [-0.25, -0.2) is 0 Å². The Balaban J connectivity index is 2.06. The van der Waals surface area contributed by atoms with Crippen LogP contribution in [-0.4, -0.2) is 23.8 Å². The number of hydrogen-bond acceptors (Lipinski definition) is 3. The lowest BCUT2D eigenvalue weighted by molar-refractivity contribution is -0.191. The molecule has 3 unspecified atom stereocenters. The van der Waals surface area contributed by atoms with Gasteiger partial charge in [-0.05, 0) is 13.3 Å². The molecule has 0 amide bonds. The Morgan fingerprint density at radius 3 is 2.64 bits per heavy atom. The molecule has 0 radical (unpaired) electrons. The molecular weight excluding hydrogens is 180 g/mol. The molecule has 0 aromatic carbocycles. The topological polar surface area (TPSA) is 46.5 Å². The number of allylic oxidation sites excluding steroid dienone is 1. The van der Waals surface area contributed by atoms with Crippen LogP contribution in [0, 0.1) is 17.3 Å². The number of aliphatic hydroxyl groups excluding tert-OH is 1. The quantitative estimate of drug-likeness (QED) is 0.543. The SMILES string of the molecule is CCOC(=O)C1C(O)[C@]2(CC)C=CC12. The van der Waals surface area contributed by atoms with Crippen LogP contribution in [0.1, 0.15) is 20.3 Å². The third-order valence-corrected chi connectivity index (χ3v) is 3.68. The lowest BCUT2D eigenvalue weighted by Crippen LogP contribution is -2.65. The van der Waals surface area contributed by atoms with Crippen LogP contribution in [0.2, 0.25) is 0 Å². The maximum Gasteiger partial charge on any atom is 0.312 e. The van der Waals surface area contributed by atoms with E-state index in [1.54, 1.807) is 6.92 Å². The van der Waals surface area contributed by atoms with Crippen LogP contribution in [0.5, 0.6) is 0 Å². The molecule has 0 bridgehead atoms. The number of ether oxygens (including phenoxy) is 1. The van der Waals surface area contributed by atoms with Crippen molar-refractivity contribution in [3.8, 4) is 0 Å². The summed E-state index contributed by atoms with van der Waals surface area (Å²) in [5.74, 6) is -0.361. The van der Waals surface area contributed by atoms with Gasteiger partial charge in [-0.1, -0.05) is 19.1 Å². The summed E-state index contributed by atoms with van der Waals surface area (Å²) in [6.45, 7) is 4.21. The average molecular weight is 196 g/mol. The van der Waals surface area contributed by atoms with Gasteiger partial charge < -0.3 is 9.84 Å². The summed E-state index contributed by atoms with van der Waals surface area (Å²) in [4.78, 5) is 11.5. The van der Waals surface area contributed by atoms with Crippen LogP contribution in [0.15, 0.2) is 12.2 Å². The van der Waals surface area contributed by atoms with Crippen molar-refractivity contribution < 1.29 is 14.6 Å². The predicted molar refractivity (Wildman–Crippen MR) is 51.5 cm³/mol.